The smallest absolute Gasteiger partial charge is 0.374 e. The molecule has 6 heteroatoms. The van der Waals surface area contributed by atoms with Crippen LogP contribution in [0.25, 0.3) is 0 Å². The fraction of sp³-hybridized carbons (Fsp3) is 0.400. The summed E-state index contributed by atoms with van der Waals surface area (Å²) < 4.78 is 9.71. The number of hydrogen-bond donors (Lipinski definition) is 1. The third-order valence-corrected chi connectivity index (χ3v) is 2.40. The number of nitrogens with zero attached hydrogens (tertiary/aromatic N) is 1. The second-order valence-corrected chi connectivity index (χ2v) is 3.60. The summed E-state index contributed by atoms with van der Waals surface area (Å²) in [7, 11) is 1.27. The summed E-state index contributed by atoms with van der Waals surface area (Å²) >= 11 is 0. The quantitative estimate of drug-likeness (QED) is 0.721. The first-order chi connectivity index (χ1) is 7.61. The van der Waals surface area contributed by atoms with Gasteiger partial charge >= 0.3 is 5.97 Å². The van der Waals surface area contributed by atoms with Gasteiger partial charge in [-0.25, -0.2) is 4.79 Å². The largest absolute Gasteiger partial charge is 0.463 e. The van der Waals surface area contributed by atoms with Gasteiger partial charge in [-0.15, -0.1) is 0 Å². The molecule has 1 fully saturated rings. The summed E-state index contributed by atoms with van der Waals surface area (Å²) in [6, 6.07) is 2.85. The Morgan fingerprint density at radius 1 is 1.62 bits per heavy atom. The molecule has 1 aromatic rings. The fourth-order valence-corrected chi connectivity index (χ4v) is 1.63. The normalized spacial score (nSPS) is 20.2. The molecule has 0 aliphatic carbocycles. The van der Waals surface area contributed by atoms with Crippen molar-refractivity contribution in [1.82, 2.24) is 0 Å². The van der Waals surface area contributed by atoms with Crippen LogP contribution in [0.1, 0.15) is 17.0 Å². The molecule has 1 aliphatic rings. The molecule has 2 heterocycles. The Morgan fingerprint density at radius 2 is 2.38 bits per heavy atom. The number of rotatable bonds is 2. The summed E-state index contributed by atoms with van der Waals surface area (Å²) in [5.74, 6) is -0.260. The molecule has 0 spiro atoms. The van der Waals surface area contributed by atoms with Gasteiger partial charge in [0, 0.05) is 25.1 Å². The van der Waals surface area contributed by atoms with E-state index in [0.29, 0.717) is 18.8 Å². The van der Waals surface area contributed by atoms with Crippen LogP contribution in [0.2, 0.25) is 0 Å². The standard InChI is InChI=1S/C10H12N2O4/c1-15-10(14)7-2-3-9(16-7)12-5-6(11)4-8(12)13/h2-3,6H,4-5,11H2,1H3. The lowest BCUT2D eigenvalue weighted by Crippen LogP contribution is -2.27. The molecular weight excluding hydrogens is 212 g/mol. The van der Waals surface area contributed by atoms with E-state index in [4.69, 9.17) is 10.2 Å². The van der Waals surface area contributed by atoms with E-state index in [1.807, 2.05) is 0 Å². The second-order valence-electron chi connectivity index (χ2n) is 3.60. The van der Waals surface area contributed by atoms with Crippen molar-refractivity contribution in [3.05, 3.63) is 17.9 Å². The summed E-state index contributed by atoms with van der Waals surface area (Å²) in [5.41, 5.74) is 5.65. The van der Waals surface area contributed by atoms with Crippen LogP contribution in [-0.4, -0.2) is 31.6 Å². The van der Waals surface area contributed by atoms with Gasteiger partial charge in [0.05, 0.1) is 7.11 Å². The molecule has 1 unspecified atom stereocenters. The fourth-order valence-electron chi connectivity index (χ4n) is 1.63. The van der Waals surface area contributed by atoms with Gasteiger partial charge in [-0.2, -0.15) is 0 Å². The number of carbonyl (C=O) groups excluding carboxylic acids is 2. The number of carbonyl (C=O) groups is 2. The number of esters is 1. The van der Waals surface area contributed by atoms with Crippen molar-refractivity contribution in [2.24, 2.45) is 5.73 Å². The maximum absolute atomic E-state index is 11.5. The minimum Gasteiger partial charge on any atom is -0.463 e. The predicted molar refractivity (Wildman–Crippen MR) is 55.0 cm³/mol. The van der Waals surface area contributed by atoms with Crippen LogP contribution in [0.15, 0.2) is 16.5 Å². The molecule has 1 saturated heterocycles. The zero-order chi connectivity index (χ0) is 11.7. The van der Waals surface area contributed by atoms with Crippen molar-refractivity contribution in [2.75, 3.05) is 18.6 Å². The number of anilines is 1. The zero-order valence-electron chi connectivity index (χ0n) is 8.80. The Bertz CT molecular complexity index is 426. The van der Waals surface area contributed by atoms with E-state index in [0.717, 1.165) is 0 Å². The first-order valence-electron chi connectivity index (χ1n) is 4.86. The number of furan rings is 1. The minimum atomic E-state index is -0.567. The molecular formula is C10H12N2O4. The lowest BCUT2D eigenvalue weighted by atomic mass is 10.3. The average Bonchev–Trinajstić information content (AvgIpc) is 2.83. The lowest BCUT2D eigenvalue weighted by Gasteiger charge is -2.11. The van der Waals surface area contributed by atoms with Crippen LogP contribution in [-0.2, 0) is 9.53 Å². The van der Waals surface area contributed by atoms with Crippen LogP contribution in [0.5, 0.6) is 0 Å². The lowest BCUT2D eigenvalue weighted by molar-refractivity contribution is -0.117. The zero-order valence-corrected chi connectivity index (χ0v) is 8.80. The van der Waals surface area contributed by atoms with Gasteiger partial charge in [0.1, 0.15) is 0 Å². The molecule has 16 heavy (non-hydrogen) atoms. The number of ether oxygens (including phenoxy) is 1. The SMILES string of the molecule is COC(=O)c1ccc(N2CC(N)CC2=O)o1. The first-order valence-corrected chi connectivity index (χ1v) is 4.86. The van der Waals surface area contributed by atoms with Crippen molar-refractivity contribution in [1.29, 1.82) is 0 Å². The summed E-state index contributed by atoms with van der Waals surface area (Å²) in [6.45, 7) is 0.410. The highest BCUT2D eigenvalue weighted by Gasteiger charge is 2.30. The minimum absolute atomic E-state index is 0.0748. The molecule has 6 nitrogen and oxygen atoms in total. The van der Waals surface area contributed by atoms with Gasteiger partial charge in [0.2, 0.25) is 17.6 Å². The second kappa shape index (κ2) is 3.97. The Labute approximate surface area is 91.9 Å². The summed E-state index contributed by atoms with van der Waals surface area (Å²) in [5, 5.41) is 0. The Hall–Kier alpha value is -1.82. The van der Waals surface area contributed by atoms with Gasteiger partial charge in [-0.3, -0.25) is 9.69 Å². The Balaban J connectivity index is 2.19. The molecule has 0 bridgehead atoms. The number of hydrogen-bond acceptors (Lipinski definition) is 5. The van der Waals surface area contributed by atoms with E-state index >= 15 is 0 Å². The number of nitrogens with two attached hydrogens (primary N) is 1. The predicted octanol–water partition coefficient (Wildman–Crippen LogP) is 0.130. The van der Waals surface area contributed by atoms with E-state index < -0.39 is 5.97 Å². The van der Waals surface area contributed by atoms with E-state index in [9.17, 15) is 9.59 Å². The van der Waals surface area contributed by atoms with E-state index in [2.05, 4.69) is 4.74 Å². The maximum atomic E-state index is 11.5. The molecule has 1 amide bonds. The van der Waals surface area contributed by atoms with Gasteiger partial charge in [-0.05, 0) is 6.07 Å². The molecule has 1 aromatic heterocycles. The van der Waals surface area contributed by atoms with Crippen molar-refractivity contribution in [2.45, 2.75) is 12.5 Å². The molecule has 86 valence electrons. The maximum Gasteiger partial charge on any atom is 0.374 e. The molecule has 2 N–H and O–H groups in total. The molecule has 2 rings (SSSR count). The van der Waals surface area contributed by atoms with Crippen LogP contribution in [0.4, 0.5) is 5.88 Å². The molecule has 0 aromatic carbocycles. The highest BCUT2D eigenvalue weighted by molar-refractivity contribution is 5.95. The van der Waals surface area contributed by atoms with Crippen LogP contribution >= 0.6 is 0 Å². The Morgan fingerprint density at radius 3 is 2.94 bits per heavy atom. The molecule has 0 radical (unpaired) electrons. The van der Waals surface area contributed by atoms with Crippen molar-refractivity contribution < 1.29 is 18.7 Å². The van der Waals surface area contributed by atoms with Crippen molar-refractivity contribution in [3.63, 3.8) is 0 Å². The third-order valence-electron chi connectivity index (χ3n) is 2.40. The Kier molecular flexibility index (Phi) is 2.66. The van der Waals surface area contributed by atoms with E-state index in [-0.39, 0.29) is 17.7 Å². The monoisotopic (exact) mass is 224 g/mol. The van der Waals surface area contributed by atoms with Crippen LogP contribution < -0.4 is 10.6 Å². The molecule has 1 atom stereocenters. The average molecular weight is 224 g/mol. The van der Waals surface area contributed by atoms with Gasteiger partial charge in [0.25, 0.3) is 0 Å². The topological polar surface area (TPSA) is 85.8 Å². The molecule has 1 aliphatic heterocycles. The highest BCUT2D eigenvalue weighted by Crippen LogP contribution is 2.23. The van der Waals surface area contributed by atoms with Gasteiger partial charge in [0.15, 0.2) is 0 Å². The molecule has 0 saturated carbocycles. The van der Waals surface area contributed by atoms with Gasteiger partial charge in [-0.1, -0.05) is 0 Å². The number of amides is 1. The highest BCUT2D eigenvalue weighted by atomic mass is 16.5. The van der Waals surface area contributed by atoms with Crippen LogP contribution in [0.3, 0.4) is 0 Å². The third kappa shape index (κ3) is 1.79. The van der Waals surface area contributed by atoms with Crippen molar-refractivity contribution in [3.8, 4) is 0 Å². The van der Waals surface area contributed by atoms with E-state index in [1.54, 1.807) is 6.07 Å². The van der Waals surface area contributed by atoms with E-state index in [1.165, 1.54) is 18.1 Å². The summed E-state index contributed by atoms with van der Waals surface area (Å²) in [6.07, 6.45) is 0.300. The van der Waals surface area contributed by atoms with Crippen molar-refractivity contribution >= 4 is 17.8 Å². The first kappa shape index (κ1) is 10.7. The van der Waals surface area contributed by atoms with Gasteiger partial charge < -0.3 is 14.9 Å². The number of methoxy groups -OCH3 is 1. The summed E-state index contributed by atoms with van der Waals surface area (Å²) in [4.78, 5) is 24.1. The van der Waals surface area contributed by atoms with Crippen LogP contribution in [0, 0.1) is 0 Å².